The minimum absolute atomic E-state index is 0.103. The van der Waals surface area contributed by atoms with Gasteiger partial charge in [0.2, 0.25) is 5.95 Å². The van der Waals surface area contributed by atoms with Crippen molar-refractivity contribution in [3.63, 3.8) is 0 Å². The van der Waals surface area contributed by atoms with Crippen LogP contribution in [0.5, 0.6) is 0 Å². The monoisotopic (exact) mass is 360 g/mol. The summed E-state index contributed by atoms with van der Waals surface area (Å²) in [5, 5.41) is 3.21. The van der Waals surface area contributed by atoms with Crippen LogP contribution >= 0.6 is 0 Å². The SMILES string of the molecule is CCN(Cc1cnc(NCc2ccccc2)nc1)[C@@H]1CCS(=O)(=O)C1. The largest absolute Gasteiger partial charge is 0.350 e. The van der Waals surface area contributed by atoms with Crippen LogP contribution in [0.15, 0.2) is 42.7 Å². The molecule has 6 nitrogen and oxygen atoms in total. The van der Waals surface area contributed by atoms with Gasteiger partial charge in [-0.25, -0.2) is 18.4 Å². The third-order valence-electron chi connectivity index (χ3n) is 4.52. The van der Waals surface area contributed by atoms with Crippen molar-refractivity contribution in [1.82, 2.24) is 14.9 Å². The summed E-state index contributed by atoms with van der Waals surface area (Å²) < 4.78 is 23.4. The molecule has 0 spiro atoms. The normalized spacial score (nSPS) is 19.2. The van der Waals surface area contributed by atoms with E-state index < -0.39 is 9.84 Å². The van der Waals surface area contributed by atoms with Crippen LogP contribution < -0.4 is 5.32 Å². The molecule has 0 radical (unpaired) electrons. The zero-order valence-corrected chi connectivity index (χ0v) is 15.2. The molecule has 2 heterocycles. The molecule has 0 unspecified atom stereocenters. The maximum absolute atomic E-state index is 11.7. The smallest absolute Gasteiger partial charge is 0.222 e. The number of hydrogen-bond acceptors (Lipinski definition) is 6. The summed E-state index contributed by atoms with van der Waals surface area (Å²) in [6, 6.07) is 10.2. The van der Waals surface area contributed by atoms with Crippen molar-refractivity contribution in [3.05, 3.63) is 53.9 Å². The van der Waals surface area contributed by atoms with Crippen LogP contribution in [0.2, 0.25) is 0 Å². The summed E-state index contributed by atoms with van der Waals surface area (Å²) in [6.45, 7) is 4.23. The molecule has 0 saturated carbocycles. The molecule has 3 rings (SSSR count). The summed E-state index contributed by atoms with van der Waals surface area (Å²) in [5.74, 6) is 1.16. The second kappa shape index (κ2) is 7.93. The predicted molar refractivity (Wildman–Crippen MR) is 98.9 cm³/mol. The fraction of sp³-hybridized carbons (Fsp3) is 0.444. The molecule has 1 N–H and O–H groups in total. The fourth-order valence-electron chi connectivity index (χ4n) is 3.10. The molecule has 2 aromatic rings. The molecule has 1 aliphatic rings. The first-order valence-corrected chi connectivity index (χ1v) is 10.4. The van der Waals surface area contributed by atoms with Gasteiger partial charge in [-0.1, -0.05) is 37.3 Å². The van der Waals surface area contributed by atoms with E-state index in [0.29, 0.717) is 31.2 Å². The summed E-state index contributed by atoms with van der Waals surface area (Å²) in [5.41, 5.74) is 2.17. The number of hydrogen-bond donors (Lipinski definition) is 1. The Bertz CT molecular complexity index is 778. The van der Waals surface area contributed by atoms with Crippen molar-refractivity contribution in [1.29, 1.82) is 0 Å². The first kappa shape index (κ1) is 17.8. The lowest BCUT2D eigenvalue weighted by atomic mass is 10.2. The maximum Gasteiger partial charge on any atom is 0.222 e. The predicted octanol–water partition coefficient (Wildman–Crippen LogP) is 2.10. The third kappa shape index (κ3) is 4.99. The minimum atomic E-state index is -2.87. The standard InChI is InChI=1S/C18H24N4O2S/c1-2-22(17-8-9-25(23,24)14-17)13-16-11-20-18(21-12-16)19-10-15-6-4-3-5-7-15/h3-7,11-12,17H,2,8-10,13-14H2,1H3,(H,19,20,21)/t17-/m1/s1. The van der Waals surface area contributed by atoms with Gasteiger partial charge in [0.25, 0.3) is 0 Å². The molecule has 1 atom stereocenters. The van der Waals surface area contributed by atoms with Crippen LogP contribution in [0.1, 0.15) is 24.5 Å². The summed E-state index contributed by atoms with van der Waals surface area (Å²) in [7, 11) is -2.87. The van der Waals surface area contributed by atoms with Gasteiger partial charge in [0, 0.05) is 37.1 Å². The van der Waals surface area contributed by atoms with E-state index in [0.717, 1.165) is 12.1 Å². The van der Waals surface area contributed by atoms with Crippen LogP contribution in [0.4, 0.5) is 5.95 Å². The third-order valence-corrected chi connectivity index (χ3v) is 6.27. The number of aromatic nitrogens is 2. The molecule has 1 fully saturated rings. The van der Waals surface area contributed by atoms with E-state index in [1.54, 1.807) is 0 Å². The van der Waals surface area contributed by atoms with E-state index in [2.05, 4.69) is 39.2 Å². The van der Waals surface area contributed by atoms with E-state index in [1.807, 2.05) is 30.6 Å². The van der Waals surface area contributed by atoms with Crippen LogP contribution in [0.25, 0.3) is 0 Å². The molecular weight excluding hydrogens is 336 g/mol. The molecule has 0 aliphatic carbocycles. The summed E-state index contributed by atoms with van der Waals surface area (Å²) in [6.07, 6.45) is 4.34. The Labute approximate surface area is 149 Å². The fourth-order valence-corrected chi connectivity index (χ4v) is 4.86. The second-order valence-corrected chi connectivity index (χ2v) is 8.60. The maximum atomic E-state index is 11.7. The van der Waals surface area contributed by atoms with Crippen LogP contribution in [-0.4, -0.2) is 47.4 Å². The van der Waals surface area contributed by atoms with E-state index in [9.17, 15) is 8.42 Å². The van der Waals surface area contributed by atoms with Gasteiger partial charge < -0.3 is 5.32 Å². The molecule has 1 aromatic carbocycles. The number of nitrogens with zero attached hydrogens (tertiary/aromatic N) is 3. The van der Waals surface area contributed by atoms with E-state index in [-0.39, 0.29) is 11.8 Å². The second-order valence-electron chi connectivity index (χ2n) is 6.37. The van der Waals surface area contributed by atoms with Crippen LogP contribution in [-0.2, 0) is 22.9 Å². The lowest BCUT2D eigenvalue weighted by Crippen LogP contribution is -2.35. The highest BCUT2D eigenvalue weighted by Crippen LogP contribution is 2.19. The highest BCUT2D eigenvalue weighted by Gasteiger charge is 2.31. The van der Waals surface area contributed by atoms with Gasteiger partial charge in [-0.3, -0.25) is 4.90 Å². The first-order chi connectivity index (χ1) is 12.1. The average molecular weight is 360 g/mol. The Hall–Kier alpha value is -1.99. The van der Waals surface area contributed by atoms with Gasteiger partial charge in [0.1, 0.15) is 0 Å². The van der Waals surface area contributed by atoms with Gasteiger partial charge in [-0.15, -0.1) is 0 Å². The van der Waals surface area contributed by atoms with Crippen molar-refractivity contribution in [2.75, 3.05) is 23.4 Å². The highest BCUT2D eigenvalue weighted by atomic mass is 32.2. The first-order valence-electron chi connectivity index (χ1n) is 8.59. The molecule has 25 heavy (non-hydrogen) atoms. The Balaban J connectivity index is 1.56. The summed E-state index contributed by atoms with van der Waals surface area (Å²) in [4.78, 5) is 10.9. The zero-order valence-electron chi connectivity index (χ0n) is 14.4. The minimum Gasteiger partial charge on any atom is -0.350 e. The molecule has 1 aromatic heterocycles. The van der Waals surface area contributed by atoms with Crippen molar-refractivity contribution < 1.29 is 8.42 Å². The Morgan fingerprint density at radius 1 is 1.16 bits per heavy atom. The number of anilines is 1. The number of nitrogens with one attached hydrogen (secondary N) is 1. The van der Waals surface area contributed by atoms with Crippen molar-refractivity contribution >= 4 is 15.8 Å². The van der Waals surface area contributed by atoms with Crippen molar-refractivity contribution in [2.24, 2.45) is 0 Å². The van der Waals surface area contributed by atoms with E-state index in [1.165, 1.54) is 5.56 Å². The van der Waals surface area contributed by atoms with Gasteiger partial charge >= 0.3 is 0 Å². The molecule has 1 aliphatic heterocycles. The van der Waals surface area contributed by atoms with Crippen LogP contribution in [0, 0.1) is 0 Å². The zero-order chi connectivity index (χ0) is 17.7. The quantitative estimate of drug-likeness (QED) is 0.815. The number of benzene rings is 1. The van der Waals surface area contributed by atoms with E-state index in [4.69, 9.17) is 0 Å². The lowest BCUT2D eigenvalue weighted by Gasteiger charge is -2.26. The summed E-state index contributed by atoms with van der Waals surface area (Å²) >= 11 is 0. The van der Waals surface area contributed by atoms with Gasteiger partial charge in [0.15, 0.2) is 9.84 Å². The van der Waals surface area contributed by atoms with Gasteiger partial charge in [-0.2, -0.15) is 0 Å². The molecule has 7 heteroatoms. The molecule has 0 bridgehead atoms. The topological polar surface area (TPSA) is 75.2 Å². The Kier molecular flexibility index (Phi) is 5.65. The van der Waals surface area contributed by atoms with Gasteiger partial charge in [-0.05, 0) is 18.5 Å². The van der Waals surface area contributed by atoms with Gasteiger partial charge in [0.05, 0.1) is 11.5 Å². The molecule has 134 valence electrons. The van der Waals surface area contributed by atoms with Crippen LogP contribution in [0.3, 0.4) is 0 Å². The van der Waals surface area contributed by atoms with Crippen molar-refractivity contribution in [3.8, 4) is 0 Å². The Morgan fingerprint density at radius 3 is 2.48 bits per heavy atom. The van der Waals surface area contributed by atoms with Crippen molar-refractivity contribution in [2.45, 2.75) is 32.5 Å². The number of rotatable bonds is 7. The lowest BCUT2D eigenvalue weighted by molar-refractivity contribution is 0.214. The average Bonchev–Trinajstić information content (AvgIpc) is 2.99. The van der Waals surface area contributed by atoms with E-state index >= 15 is 0 Å². The Morgan fingerprint density at radius 2 is 1.88 bits per heavy atom. The molecule has 1 saturated heterocycles. The highest BCUT2D eigenvalue weighted by molar-refractivity contribution is 7.91. The molecular formula is C18H24N4O2S. The number of sulfone groups is 1. The molecule has 0 amide bonds.